The van der Waals surface area contributed by atoms with Gasteiger partial charge in [0.1, 0.15) is 0 Å². The van der Waals surface area contributed by atoms with Gasteiger partial charge < -0.3 is 9.64 Å². The summed E-state index contributed by atoms with van der Waals surface area (Å²) in [5.74, 6) is 0.306. The summed E-state index contributed by atoms with van der Waals surface area (Å²) in [6, 6.07) is 10.6. The fourth-order valence-electron chi connectivity index (χ4n) is 3.53. The third-order valence-electron chi connectivity index (χ3n) is 4.88. The number of benzene rings is 2. The van der Waals surface area contributed by atoms with Crippen LogP contribution in [-0.2, 0) is 14.8 Å². The molecule has 1 saturated heterocycles. The van der Waals surface area contributed by atoms with Crippen molar-refractivity contribution in [1.29, 1.82) is 0 Å². The fraction of sp³-hybridized carbons (Fsp3) is 0.474. The summed E-state index contributed by atoms with van der Waals surface area (Å²) in [6.45, 7) is 3.96. The smallest absolute Gasteiger partial charge is 0.241 e. The van der Waals surface area contributed by atoms with E-state index in [0.29, 0.717) is 29.5 Å². The average molecular weight is 397 g/mol. The minimum Gasteiger partial charge on any atom is -0.383 e. The molecule has 0 aromatic heterocycles. The standard InChI is InChI=1S/C19H25ClN2O3S/c1-25-12-11-22-10-4-5-15(14-22)13-21-26(23,24)18-9-3-7-16-6-2-8-17(20)19(16)18/h2-3,6-9,15,21H,4-5,10-14H2,1H3/t15-/m1/s1. The second-order valence-corrected chi connectivity index (χ2v) is 8.89. The van der Waals surface area contributed by atoms with E-state index < -0.39 is 10.0 Å². The largest absolute Gasteiger partial charge is 0.383 e. The predicted molar refractivity (Wildman–Crippen MR) is 105 cm³/mol. The van der Waals surface area contributed by atoms with Crippen LogP contribution in [0.4, 0.5) is 0 Å². The van der Waals surface area contributed by atoms with Gasteiger partial charge in [-0.3, -0.25) is 0 Å². The third-order valence-corrected chi connectivity index (χ3v) is 6.66. The molecule has 1 fully saturated rings. The van der Waals surface area contributed by atoms with E-state index >= 15 is 0 Å². The van der Waals surface area contributed by atoms with Crippen LogP contribution in [-0.4, -0.2) is 53.2 Å². The predicted octanol–water partition coefficient (Wildman–Crippen LogP) is 3.13. The molecular formula is C19H25ClN2O3S. The molecule has 3 rings (SSSR count). The first-order chi connectivity index (χ1) is 12.5. The molecule has 0 spiro atoms. The topological polar surface area (TPSA) is 58.6 Å². The molecule has 5 nitrogen and oxygen atoms in total. The highest BCUT2D eigenvalue weighted by atomic mass is 35.5. The zero-order chi connectivity index (χ0) is 18.6. The van der Waals surface area contributed by atoms with Crippen molar-refractivity contribution >= 4 is 32.4 Å². The van der Waals surface area contributed by atoms with Crippen molar-refractivity contribution in [3.63, 3.8) is 0 Å². The van der Waals surface area contributed by atoms with Crippen molar-refractivity contribution in [3.8, 4) is 0 Å². The first-order valence-corrected chi connectivity index (χ1v) is 10.8. The van der Waals surface area contributed by atoms with Crippen LogP contribution in [0.25, 0.3) is 10.8 Å². The molecule has 0 aliphatic carbocycles. The normalized spacial score (nSPS) is 19.1. The van der Waals surface area contributed by atoms with Crippen LogP contribution in [0.3, 0.4) is 0 Å². The lowest BCUT2D eigenvalue weighted by Gasteiger charge is -2.32. The monoisotopic (exact) mass is 396 g/mol. The van der Waals surface area contributed by atoms with Gasteiger partial charge in [-0.05, 0) is 42.8 Å². The van der Waals surface area contributed by atoms with Crippen LogP contribution in [0, 0.1) is 5.92 Å². The highest BCUT2D eigenvalue weighted by Gasteiger charge is 2.23. The number of rotatable bonds is 7. The third kappa shape index (κ3) is 4.56. The van der Waals surface area contributed by atoms with Crippen molar-refractivity contribution in [1.82, 2.24) is 9.62 Å². The molecule has 7 heteroatoms. The van der Waals surface area contributed by atoms with Crippen molar-refractivity contribution < 1.29 is 13.2 Å². The molecule has 2 aromatic carbocycles. The maximum Gasteiger partial charge on any atom is 0.241 e. The molecule has 0 radical (unpaired) electrons. The number of nitrogens with one attached hydrogen (secondary N) is 1. The van der Waals surface area contributed by atoms with Gasteiger partial charge in [-0.2, -0.15) is 0 Å². The Morgan fingerprint density at radius 3 is 2.81 bits per heavy atom. The van der Waals surface area contributed by atoms with Crippen molar-refractivity contribution in [2.75, 3.05) is 39.9 Å². The van der Waals surface area contributed by atoms with Gasteiger partial charge >= 0.3 is 0 Å². The van der Waals surface area contributed by atoms with Gasteiger partial charge in [-0.25, -0.2) is 13.1 Å². The lowest BCUT2D eigenvalue weighted by atomic mass is 9.98. The molecule has 0 unspecified atom stereocenters. The van der Waals surface area contributed by atoms with Gasteiger partial charge in [0, 0.05) is 37.2 Å². The number of halogens is 1. The summed E-state index contributed by atoms with van der Waals surface area (Å²) in [4.78, 5) is 2.58. The van der Waals surface area contributed by atoms with Crippen molar-refractivity contribution in [3.05, 3.63) is 41.4 Å². The van der Waals surface area contributed by atoms with E-state index in [4.69, 9.17) is 16.3 Å². The number of hydrogen-bond donors (Lipinski definition) is 1. The molecular weight excluding hydrogens is 372 g/mol. The Kier molecular flexibility index (Phi) is 6.53. The zero-order valence-electron chi connectivity index (χ0n) is 14.9. The first-order valence-electron chi connectivity index (χ1n) is 8.89. The zero-order valence-corrected chi connectivity index (χ0v) is 16.5. The van der Waals surface area contributed by atoms with E-state index in [2.05, 4.69) is 9.62 Å². The Hall–Kier alpha value is -1.18. The molecule has 1 aliphatic rings. The second-order valence-electron chi connectivity index (χ2n) is 6.75. The fourth-order valence-corrected chi connectivity index (χ4v) is 5.24. The quantitative estimate of drug-likeness (QED) is 0.781. The van der Waals surface area contributed by atoms with Crippen LogP contribution in [0.15, 0.2) is 41.3 Å². The molecule has 0 saturated carbocycles. The summed E-state index contributed by atoms with van der Waals surface area (Å²) < 4.78 is 33.7. The Bertz CT molecular complexity index is 852. The lowest BCUT2D eigenvalue weighted by Crippen LogP contribution is -2.42. The van der Waals surface area contributed by atoms with E-state index in [0.717, 1.165) is 37.9 Å². The minimum atomic E-state index is -3.62. The van der Waals surface area contributed by atoms with Crippen LogP contribution in [0.5, 0.6) is 0 Å². The average Bonchev–Trinajstić information content (AvgIpc) is 2.65. The van der Waals surface area contributed by atoms with E-state index in [9.17, 15) is 8.42 Å². The number of piperidine rings is 1. The Morgan fingerprint density at radius 1 is 1.27 bits per heavy atom. The van der Waals surface area contributed by atoms with Crippen LogP contribution < -0.4 is 4.72 Å². The molecule has 1 heterocycles. The molecule has 1 aliphatic heterocycles. The van der Waals surface area contributed by atoms with Crippen LogP contribution in [0.1, 0.15) is 12.8 Å². The van der Waals surface area contributed by atoms with Crippen molar-refractivity contribution in [2.45, 2.75) is 17.7 Å². The van der Waals surface area contributed by atoms with Crippen molar-refractivity contribution in [2.24, 2.45) is 5.92 Å². The summed E-state index contributed by atoms with van der Waals surface area (Å²) in [5, 5.41) is 1.85. The van der Waals surface area contributed by atoms with Crippen LogP contribution >= 0.6 is 11.6 Å². The molecule has 0 bridgehead atoms. The maximum absolute atomic E-state index is 12.9. The summed E-state index contributed by atoms with van der Waals surface area (Å²) in [5.41, 5.74) is 0. The highest BCUT2D eigenvalue weighted by Crippen LogP contribution is 2.29. The van der Waals surface area contributed by atoms with Gasteiger partial charge in [0.25, 0.3) is 0 Å². The second kappa shape index (κ2) is 8.67. The van der Waals surface area contributed by atoms with E-state index in [1.165, 1.54) is 0 Å². The molecule has 26 heavy (non-hydrogen) atoms. The van der Waals surface area contributed by atoms with Gasteiger partial charge in [0.05, 0.1) is 11.5 Å². The molecule has 142 valence electrons. The van der Waals surface area contributed by atoms with Gasteiger partial charge in [0.2, 0.25) is 10.0 Å². The number of likely N-dealkylation sites (tertiary alicyclic amines) is 1. The summed E-state index contributed by atoms with van der Waals surface area (Å²) >= 11 is 6.27. The minimum absolute atomic E-state index is 0.243. The number of fused-ring (bicyclic) bond motifs is 1. The molecule has 1 N–H and O–H groups in total. The summed E-state index contributed by atoms with van der Waals surface area (Å²) in [7, 11) is -1.92. The lowest BCUT2D eigenvalue weighted by molar-refractivity contribution is 0.115. The number of methoxy groups -OCH3 is 1. The van der Waals surface area contributed by atoms with Gasteiger partial charge in [0.15, 0.2) is 0 Å². The highest BCUT2D eigenvalue weighted by molar-refractivity contribution is 7.89. The molecule has 0 amide bonds. The maximum atomic E-state index is 12.9. The number of hydrogen-bond acceptors (Lipinski definition) is 4. The number of ether oxygens (including phenoxy) is 1. The van der Waals surface area contributed by atoms with E-state index in [1.807, 2.05) is 18.2 Å². The van der Waals surface area contributed by atoms with Gasteiger partial charge in [-0.15, -0.1) is 0 Å². The number of nitrogens with zero attached hydrogens (tertiary/aromatic N) is 1. The van der Waals surface area contributed by atoms with Gasteiger partial charge in [-0.1, -0.05) is 35.9 Å². The van der Waals surface area contributed by atoms with E-state index in [-0.39, 0.29) is 4.90 Å². The Labute approximate surface area is 160 Å². The summed E-state index contributed by atoms with van der Waals surface area (Å²) in [6.07, 6.45) is 2.11. The molecule has 1 atom stereocenters. The first kappa shape index (κ1) is 19.6. The SMILES string of the molecule is COCCN1CCC[C@H](CNS(=O)(=O)c2cccc3cccc(Cl)c23)C1. The Balaban J connectivity index is 1.72. The molecule has 2 aromatic rings. The number of sulfonamides is 1. The van der Waals surface area contributed by atoms with Crippen LogP contribution in [0.2, 0.25) is 5.02 Å². The van der Waals surface area contributed by atoms with E-state index in [1.54, 1.807) is 25.3 Å². The Morgan fingerprint density at radius 2 is 2.04 bits per heavy atom.